The van der Waals surface area contributed by atoms with Crippen LogP contribution in [0.1, 0.15) is 38.3 Å². The second kappa shape index (κ2) is 11.5. The predicted molar refractivity (Wildman–Crippen MR) is 132 cm³/mol. The molecule has 176 valence electrons. The summed E-state index contributed by atoms with van der Waals surface area (Å²) in [6.45, 7) is 7.53. The van der Waals surface area contributed by atoms with Gasteiger partial charge in [-0.25, -0.2) is 0 Å². The summed E-state index contributed by atoms with van der Waals surface area (Å²) in [4.78, 5) is 32.9. The van der Waals surface area contributed by atoms with E-state index in [4.69, 9.17) is 4.74 Å². The molecule has 6 nitrogen and oxygen atoms in total. The molecule has 0 radical (unpaired) electrons. The van der Waals surface area contributed by atoms with Crippen LogP contribution in [0.5, 0.6) is 5.75 Å². The quantitative estimate of drug-likeness (QED) is 0.464. The molecule has 2 amide bonds. The van der Waals surface area contributed by atoms with Gasteiger partial charge in [-0.15, -0.1) is 0 Å². The summed E-state index contributed by atoms with van der Waals surface area (Å²) in [5, 5.41) is 1.18. The first kappa shape index (κ1) is 24.4. The van der Waals surface area contributed by atoms with Crippen LogP contribution < -0.4 is 4.74 Å². The molecule has 33 heavy (non-hydrogen) atoms. The van der Waals surface area contributed by atoms with Crippen molar-refractivity contribution in [1.29, 1.82) is 0 Å². The number of aromatic amines is 1. The highest BCUT2D eigenvalue weighted by atomic mass is 16.5. The highest BCUT2D eigenvalue weighted by Crippen LogP contribution is 2.19. The molecule has 1 N–H and O–H groups in total. The van der Waals surface area contributed by atoms with E-state index in [2.05, 4.69) is 17.1 Å². The molecule has 2 aromatic carbocycles. The van der Waals surface area contributed by atoms with Gasteiger partial charge in [-0.3, -0.25) is 9.59 Å². The third-order valence-corrected chi connectivity index (χ3v) is 5.84. The van der Waals surface area contributed by atoms with E-state index in [0.717, 1.165) is 29.7 Å². The number of carbonyl (C=O) groups excluding carboxylic acids is 2. The number of fused-ring (bicyclic) bond motifs is 1. The second-order valence-corrected chi connectivity index (χ2v) is 8.69. The fourth-order valence-corrected chi connectivity index (χ4v) is 4.00. The van der Waals surface area contributed by atoms with Crippen LogP contribution in [0, 0.1) is 5.92 Å². The number of hydrogen-bond acceptors (Lipinski definition) is 3. The molecule has 0 unspecified atom stereocenters. The lowest BCUT2D eigenvalue weighted by atomic mass is 10.1. The van der Waals surface area contributed by atoms with Gasteiger partial charge in [0, 0.05) is 42.7 Å². The number of hydrogen-bond donors (Lipinski definition) is 1. The number of benzene rings is 2. The SMILES string of the molecule is CCCN(CC(=O)N(CCc1c[nH]c2ccccc12)Cc1ccc(OC)cc1)C(=O)C(C)C. The van der Waals surface area contributed by atoms with Crippen molar-refractivity contribution in [2.45, 2.75) is 40.2 Å². The normalized spacial score (nSPS) is 11.1. The van der Waals surface area contributed by atoms with Gasteiger partial charge in [-0.2, -0.15) is 0 Å². The Bertz CT molecular complexity index is 1060. The molecule has 0 fully saturated rings. The van der Waals surface area contributed by atoms with Gasteiger partial charge < -0.3 is 19.5 Å². The predicted octanol–water partition coefficient (Wildman–Crippen LogP) is 4.64. The van der Waals surface area contributed by atoms with Crippen LogP contribution >= 0.6 is 0 Å². The maximum atomic E-state index is 13.4. The van der Waals surface area contributed by atoms with Crippen LogP contribution in [-0.4, -0.2) is 53.3 Å². The maximum Gasteiger partial charge on any atom is 0.242 e. The Labute approximate surface area is 196 Å². The first-order valence-corrected chi connectivity index (χ1v) is 11.7. The molecule has 0 aliphatic carbocycles. The Hall–Kier alpha value is -3.28. The summed E-state index contributed by atoms with van der Waals surface area (Å²) in [6.07, 6.45) is 3.57. The number of aromatic nitrogens is 1. The topological polar surface area (TPSA) is 65.6 Å². The number of H-pyrrole nitrogens is 1. The van der Waals surface area contributed by atoms with Gasteiger partial charge in [0.15, 0.2) is 0 Å². The molecule has 0 atom stereocenters. The monoisotopic (exact) mass is 449 g/mol. The standard InChI is InChI=1S/C27H35N3O3/c1-5-15-30(27(32)20(2)3)19-26(31)29(18-21-10-12-23(33-4)13-11-21)16-14-22-17-28-25-9-7-6-8-24(22)25/h6-13,17,20,28H,5,14-16,18-19H2,1-4H3. The molecule has 1 aromatic heterocycles. The van der Waals surface area contributed by atoms with Crippen molar-refractivity contribution < 1.29 is 14.3 Å². The number of methoxy groups -OCH3 is 1. The summed E-state index contributed by atoms with van der Waals surface area (Å²) < 4.78 is 5.26. The zero-order valence-electron chi connectivity index (χ0n) is 20.1. The smallest absolute Gasteiger partial charge is 0.242 e. The lowest BCUT2D eigenvalue weighted by Crippen LogP contribution is -2.44. The summed E-state index contributed by atoms with van der Waals surface area (Å²) in [6, 6.07) is 16.0. The Morgan fingerprint density at radius 2 is 1.73 bits per heavy atom. The third kappa shape index (κ3) is 6.37. The molecule has 0 bridgehead atoms. The Kier molecular flexibility index (Phi) is 8.52. The van der Waals surface area contributed by atoms with Crippen molar-refractivity contribution in [3.05, 3.63) is 65.9 Å². The molecule has 0 saturated heterocycles. The first-order chi connectivity index (χ1) is 15.9. The van der Waals surface area contributed by atoms with Gasteiger partial charge in [0.1, 0.15) is 5.75 Å². The summed E-state index contributed by atoms with van der Waals surface area (Å²) >= 11 is 0. The number of rotatable bonds is 11. The van der Waals surface area contributed by atoms with Gasteiger partial charge in [0.25, 0.3) is 0 Å². The van der Waals surface area contributed by atoms with E-state index < -0.39 is 0 Å². The van der Waals surface area contributed by atoms with E-state index in [-0.39, 0.29) is 24.3 Å². The maximum absolute atomic E-state index is 13.4. The molecule has 6 heteroatoms. The van der Waals surface area contributed by atoms with Crippen molar-refractivity contribution in [3.8, 4) is 5.75 Å². The van der Waals surface area contributed by atoms with E-state index in [9.17, 15) is 9.59 Å². The molecular formula is C27H35N3O3. The van der Waals surface area contributed by atoms with Crippen molar-refractivity contribution in [2.75, 3.05) is 26.7 Å². The fourth-order valence-electron chi connectivity index (χ4n) is 4.00. The number of amides is 2. The first-order valence-electron chi connectivity index (χ1n) is 11.7. The number of carbonyl (C=O) groups is 2. The van der Waals surface area contributed by atoms with Crippen molar-refractivity contribution in [1.82, 2.24) is 14.8 Å². The largest absolute Gasteiger partial charge is 0.497 e. The minimum absolute atomic E-state index is 0.0197. The van der Waals surface area contributed by atoms with Gasteiger partial charge >= 0.3 is 0 Å². The third-order valence-electron chi connectivity index (χ3n) is 5.84. The van der Waals surface area contributed by atoms with Gasteiger partial charge in [0.2, 0.25) is 11.8 Å². The van der Waals surface area contributed by atoms with Crippen LogP contribution in [0.4, 0.5) is 0 Å². The molecule has 0 aliphatic rings. The second-order valence-electron chi connectivity index (χ2n) is 8.69. The van der Waals surface area contributed by atoms with Crippen LogP contribution in [0.15, 0.2) is 54.7 Å². The van der Waals surface area contributed by atoms with Crippen LogP contribution in [0.3, 0.4) is 0 Å². The zero-order chi connectivity index (χ0) is 23.8. The number of para-hydroxylation sites is 1. The van der Waals surface area contributed by atoms with Gasteiger partial charge in [0.05, 0.1) is 13.7 Å². The number of nitrogens with one attached hydrogen (secondary N) is 1. The summed E-state index contributed by atoms with van der Waals surface area (Å²) in [7, 11) is 1.64. The fraction of sp³-hybridized carbons (Fsp3) is 0.407. The average Bonchev–Trinajstić information content (AvgIpc) is 3.24. The van der Waals surface area contributed by atoms with Crippen molar-refractivity contribution in [3.63, 3.8) is 0 Å². The Morgan fingerprint density at radius 3 is 2.39 bits per heavy atom. The number of ether oxygens (including phenoxy) is 1. The van der Waals surface area contributed by atoms with Crippen LogP contribution in [0.2, 0.25) is 0 Å². The molecule has 1 heterocycles. The Balaban J connectivity index is 1.78. The van der Waals surface area contributed by atoms with Crippen LogP contribution in [-0.2, 0) is 22.6 Å². The van der Waals surface area contributed by atoms with Gasteiger partial charge in [-0.1, -0.05) is 51.1 Å². The van der Waals surface area contributed by atoms with E-state index in [0.29, 0.717) is 19.6 Å². The molecular weight excluding hydrogens is 414 g/mol. The molecule has 0 spiro atoms. The molecule has 0 saturated carbocycles. The highest BCUT2D eigenvalue weighted by molar-refractivity contribution is 5.86. The summed E-state index contributed by atoms with van der Waals surface area (Å²) in [5.41, 5.74) is 3.30. The average molecular weight is 450 g/mol. The van der Waals surface area contributed by atoms with E-state index in [1.54, 1.807) is 12.0 Å². The highest BCUT2D eigenvalue weighted by Gasteiger charge is 2.23. The molecule has 3 rings (SSSR count). The molecule has 3 aromatic rings. The van der Waals surface area contributed by atoms with E-state index in [1.807, 2.05) is 68.3 Å². The minimum atomic E-state index is -0.134. The van der Waals surface area contributed by atoms with E-state index >= 15 is 0 Å². The Morgan fingerprint density at radius 1 is 1.00 bits per heavy atom. The van der Waals surface area contributed by atoms with E-state index in [1.165, 1.54) is 10.9 Å². The lowest BCUT2D eigenvalue weighted by Gasteiger charge is -2.28. The molecule has 0 aliphatic heterocycles. The summed E-state index contributed by atoms with van der Waals surface area (Å²) in [5.74, 6) is 0.636. The zero-order valence-corrected chi connectivity index (χ0v) is 20.1. The van der Waals surface area contributed by atoms with Crippen molar-refractivity contribution in [2.24, 2.45) is 5.92 Å². The van der Waals surface area contributed by atoms with Crippen LogP contribution in [0.25, 0.3) is 10.9 Å². The van der Waals surface area contributed by atoms with Crippen molar-refractivity contribution >= 4 is 22.7 Å². The number of nitrogens with zero attached hydrogens (tertiary/aromatic N) is 2. The lowest BCUT2D eigenvalue weighted by molar-refractivity contribution is -0.142. The minimum Gasteiger partial charge on any atom is -0.497 e. The van der Waals surface area contributed by atoms with Gasteiger partial charge in [-0.05, 0) is 42.2 Å².